The Morgan fingerprint density at radius 3 is 2.81 bits per heavy atom. The van der Waals surface area contributed by atoms with Gasteiger partial charge in [0.2, 0.25) is 0 Å². The zero-order valence-electron chi connectivity index (χ0n) is 19.0. The Hall–Kier alpha value is -2.42. The lowest BCUT2D eigenvalue weighted by molar-refractivity contribution is 0.186. The van der Waals surface area contributed by atoms with Crippen LogP contribution < -0.4 is 4.74 Å². The zero-order valence-corrected chi connectivity index (χ0v) is 19.8. The van der Waals surface area contributed by atoms with Gasteiger partial charge in [0.15, 0.2) is 0 Å². The van der Waals surface area contributed by atoms with E-state index >= 15 is 0 Å². The maximum Gasteiger partial charge on any atom is 0.137 e. The number of hydrogen-bond donors (Lipinski definition) is 0. The second kappa shape index (κ2) is 9.21. The van der Waals surface area contributed by atoms with Crippen molar-refractivity contribution in [2.45, 2.75) is 64.0 Å². The molecule has 1 aromatic carbocycles. The molecule has 2 fully saturated rings. The molecular weight excluding hydrogens is 414 g/mol. The minimum atomic E-state index is 0.0416. The van der Waals surface area contributed by atoms with E-state index in [1.54, 1.807) is 16.9 Å². The summed E-state index contributed by atoms with van der Waals surface area (Å²) in [5, 5.41) is 10.6. The smallest absolute Gasteiger partial charge is 0.137 e. The molecule has 32 heavy (non-hydrogen) atoms. The number of nitrogens with zero attached hydrogens (tertiary/aromatic N) is 3. The molecule has 5 heteroatoms. The molecule has 3 atom stereocenters. The molecule has 1 saturated heterocycles. The summed E-state index contributed by atoms with van der Waals surface area (Å²) >= 11 is 1.76. The summed E-state index contributed by atoms with van der Waals surface area (Å²) in [6, 6.07) is 8.73. The summed E-state index contributed by atoms with van der Waals surface area (Å²) in [5.41, 5.74) is 3.19. The van der Waals surface area contributed by atoms with E-state index in [2.05, 4.69) is 35.4 Å². The highest BCUT2D eigenvalue weighted by atomic mass is 32.1. The van der Waals surface area contributed by atoms with E-state index in [9.17, 15) is 5.26 Å². The van der Waals surface area contributed by atoms with Gasteiger partial charge in [0, 0.05) is 28.6 Å². The number of hydrogen-bond acceptors (Lipinski definition) is 5. The van der Waals surface area contributed by atoms with Gasteiger partial charge in [0.1, 0.15) is 16.8 Å². The van der Waals surface area contributed by atoms with Gasteiger partial charge in [-0.3, -0.25) is 4.90 Å². The van der Waals surface area contributed by atoms with Gasteiger partial charge in [0.25, 0.3) is 0 Å². The van der Waals surface area contributed by atoms with Crippen molar-refractivity contribution in [2.75, 3.05) is 13.1 Å². The van der Waals surface area contributed by atoms with Crippen molar-refractivity contribution in [1.82, 2.24) is 9.88 Å². The van der Waals surface area contributed by atoms with E-state index in [0.29, 0.717) is 29.2 Å². The van der Waals surface area contributed by atoms with Crippen molar-refractivity contribution in [1.29, 1.82) is 5.26 Å². The molecule has 0 spiro atoms. The number of thiazole rings is 1. The number of ether oxygens (including phenoxy) is 1. The van der Waals surface area contributed by atoms with Crippen molar-refractivity contribution in [3.05, 3.63) is 58.6 Å². The van der Waals surface area contributed by atoms with E-state index in [0.717, 1.165) is 10.6 Å². The number of aromatic nitrogens is 1. The van der Waals surface area contributed by atoms with Crippen LogP contribution in [0.4, 0.5) is 0 Å². The molecule has 3 unspecified atom stereocenters. The Bertz CT molecular complexity index is 1070. The summed E-state index contributed by atoms with van der Waals surface area (Å²) < 4.78 is 5.78. The Labute approximate surface area is 195 Å². The van der Waals surface area contributed by atoms with Gasteiger partial charge < -0.3 is 4.74 Å². The lowest BCUT2D eigenvalue weighted by atomic mass is 9.82. The first-order valence-electron chi connectivity index (χ1n) is 11.9. The van der Waals surface area contributed by atoms with Crippen LogP contribution in [0.1, 0.15) is 62.3 Å². The topological polar surface area (TPSA) is 49.1 Å². The Morgan fingerprint density at radius 1 is 1.19 bits per heavy atom. The number of fused-ring (bicyclic) bond motifs is 1. The molecule has 0 bridgehead atoms. The first kappa shape index (κ1) is 21.4. The third-order valence-corrected chi connectivity index (χ3v) is 8.15. The van der Waals surface area contributed by atoms with Crippen LogP contribution in [0.25, 0.3) is 10.6 Å². The van der Waals surface area contributed by atoms with Gasteiger partial charge >= 0.3 is 0 Å². The number of likely N-dealkylation sites (tertiary alicyclic amines) is 1. The van der Waals surface area contributed by atoms with Crippen molar-refractivity contribution < 1.29 is 4.74 Å². The van der Waals surface area contributed by atoms with Crippen LogP contribution in [0.2, 0.25) is 0 Å². The van der Waals surface area contributed by atoms with Crippen molar-refractivity contribution in [3.63, 3.8) is 0 Å². The van der Waals surface area contributed by atoms with Gasteiger partial charge in [-0.25, -0.2) is 4.98 Å². The molecule has 3 aliphatic rings. The molecular formula is C27H31N3OS. The highest BCUT2D eigenvalue weighted by Gasteiger charge is 2.39. The molecule has 2 heterocycles. The highest BCUT2D eigenvalue weighted by molar-refractivity contribution is 7.15. The zero-order chi connectivity index (χ0) is 22.1. The SMILES string of the molecule is CC(C)Oc1ccc(-c2ncc(C3C=CC=C4C3CCC4N3CCCCC3)s2)cc1C#N. The van der Waals surface area contributed by atoms with E-state index < -0.39 is 0 Å². The number of piperidine rings is 1. The third kappa shape index (κ3) is 4.14. The Kier molecular flexibility index (Phi) is 6.17. The monoisotopic (exact) mass is 445 g/mol. The largest absolute Gasteiger partial charge is 0.490 e. The third-order valence-electron chi connectivity index (χ3n) is 7.00. The van der Waals surface area contributed by atoms with Crippen LogP contribution in [0, 0.1) is 17.2 Å². The minimum Gasteiger partial charge on any atom is -0.490 e. The minimum absolute atomic E-state index is 0.0416. The quantitative estimate of drug-likeness (QED) is 0.541. The second-order valence-electron chi connectivity index (χ2n) is 9.43. The fraction of sp³-hybridized carbons (Fsp3) is 0.481. The van der Waals surface area contributed by atoms with E-state index in [-0.39, 0.29) is 6.10 Å². The lowest BCUT2D eigenvalue weighted by Gasteiger charge is -2.35. The first-order chi connectivity index (χ1) is 15.6. The van der Waals surface area contributed by atoms with Crippen LogP contribution in [0.5, 0.6) is 5.75 Å². The Balaban J connectivity index is 1.36. The molecule has 0 radical (unpaired) electrons. The molecule has 2 aliphatic carbocycles. The normalized spacial score (nSPS) is 25.4. The molecule has 4 nitrogen and oxygen atoms in total. The van der Waals surface area contributed by atoms with Crippen LogP contribution in [0.15, 0.2) is 48.2 Å². The van der Waals surface area contributed by atoms with Gasteiger partial charge in [-0.05, 0) is 82.3 Å². The average Bonchev–Trinajstić information content (AvgIpc) is 3.47. The molecule has 1 aromatic heterocycles. The van der Waals surface area contributed by atoms with Crippen LogP contribution in [-0.2, 0) is 0 Å². The lowest BCUT2D eigenvalue weighted by Crippen LogP contribution is -2.39. The maximum absolute atomic E-state index is 9.58. The first-order valence-corrected chi connectivity index (χ1v) is 12.7. The second-order valence-corrected chi connectivity index (χ2v) is 10.5. The predicted molar refractivity (Wildman–Crippen MR) is 130 cm³/mol. The molecule has 1 saturated carbocycles. The molecule has 1 aliphatic heterocycles. The van der Waals surface area contributed by atoms with Gasteiger partial charge in [-0.1, -0.05) is 24.6 Å². The number of rotatable bonds is 5. The molecule has 2 aromatic rings. The van der Waals surface area contributed by atoms with Crippen molar-refractivity contribution in [3.8, 4) is 22.4 Å². The standard InChI is InChI=1S/C27H31N3OS/c1-18(2)31-25-12-9-19(15-20(25)16-28)27-29-17-26(32-27)23-8-6-7-22-21(23)10-11-24(22)30-13-4-3-5-14-30/h6-9,12,15,17-18,21,23-24H,3-5,10-11,13-14H2,1-2H3. The fourth-order valence-electron chi connectivity index (χ4n) is 5.56. The molecule has 166 valence electrons. The van der Waals surface area contributed by atoms with Crippen molar-refractivity contribution >= 4 is 11.3 Å². The van der Waals surface area contributed by atoms with Crippen LogP contribution in [0.3, 0.4) is 0 Å². The molecule has 0 N–H and O–H groups in total. The van der Waals surface area contributed by atoms with Gasteiger partial charge in [0.05, 0.1) is 11.7 Å². The predicted octanol–water partition coefficient (Wildman–Crippen LogP) is 6.31. The van der Waals surface area contributed by atoms with E-state index in [4.69, 9.17) is 9.72 Å². The summed E-state index contributed by atoms with van der Waals surface area (Å²) in [5.74, 6) is 1.65. The number of nitriles is 1. The fourth-order valence-corrected chi connectivity index (χ4v) is 6.62. The van der Waals surface area contributed by atoms with Crippen LogP contribution in [-0.4, -0.2) is 35.1 Å². The highest BCUT2D eigenvalue weighted by Crippen LogP contribution is 2.48. The van der Waals surface area contributed by atoms with Gasteiger partial charge in [-0.15, -0.1) is 11.3 Å². The maximum atomic E-state index is 9.58. The number of benzene rings is 1. The van der Waals surface area contributed by atoms with E-state index in [1.807, 2.05) is 32.0 Å². The average molecular weight is 446 g/mol. The molecule has 5 rings (SSSR count). The summed E-state index contributed by atoms with van der Waals surface area (Å²) in [4.78, 5) is 8.81. The summed E-state index contributed by atoms with van der Waals surface area (Å²) in [6.07, 6.45) is 15.7. The number of allylic oxidation sites excluding steroid dienone is 3. The van der Waals surface area contributed by atoms with Crippen molar-refractivity contribution in [2.24, 2.45) is 5.92 Å². The molecule has 0 amide bonds. The van der Waals surface area contributed by atoms with Crippen LogP contribution >= 0.6 is 11.3 Å². The van der Waals surface area contributed by atoms with E-state index in [1.165, 1.54) is 50.1 Å². The summed E-state index contributed by atoms with van der Waals surface area (Å²) in [7, 11) is 0. The summed E-state index contributed by atoms with van der Waals surface area (Å²) in [6.45, 7) is 6.46. The Morgan fingerprint density at radius 2 is 2.03 bits per heavy atom. The van der Waals surface area contributed by atoms with Gasteiger partial charge in [-0.2, -0.15) is 5.26 Å².